The van der Waals surface area contributed by atoms with E-state index in [1.54, 1.807) is 6.33 Å². The van der Waals surface area contributed by atoms with Crippen LogP contribution in [0, 0.1) is 6.92 Å². The third-order valence-corrected chi connectivity index (χ3v) is 4.89. The van der Waals surface area contributed by atoms with Crippen molar-refractivity contribution in [1.82, 2.24) is 15.0 Å². The molecular formula is C23H25N5O. The maximum Gasteiger partial charge on any atom is 0.300 e. The van der Waals surface area contributed by atoms with E-state index in [1.165, 1.54) is 11.1 Å². The van der Waals surface area contributed by atoms with Gasteiger partial charge in [-0.25, -0.2) is 9.97 Å². The minimum Gasteiger partial charge on any atom is -0.423 e. The van der Waals surface area contributed by atoms with Gasteiger partial charge < -0.3 is 15.1 Å². The fraction of sp³-hybridized carbons (Fsp3) is 0.261. The molecule has 0 saturated carbocycles. The summed E-state index contributed by atoms with van der Waals surface area (Å²) < 4.78 is 5.92. The molecule has 2 aromatic carbocycles. The van der Waals surface area contributed by atoms with Crippen molar-refractivity contribution in [3.05, 3.63) is 65.6 Å². The Kier molecular flexibility index (Phi) is 5.16. The number of hydrogen-bond donors (Lipinski definition) is 2. The summed E-state index contributed by atoms with van der Waals surface area (Å²) in [6.45, 7) is 8.41. The van der Waals surface area contributed by atoms with Crippen LogP contribution in [0.1, 0.15) is 43.5 Å². The van der Waals surface area contributed by atoms with E-state index in [9.17, 15) is 0 Å². The van der Waals surface area contributed by atoms with Crippen LogP contribution >= 0.6 is 0 Å². The molecule has 0 aliphatic heterocycles. The Balaban J connectivity index is 1.62. The number of aryl methyl sites for hydroxylation is 2. The molecule has 6 nitrogen and oxygen atoms in total. The monoisotopic (exact) mass is 387 g/mol. The van der Waals surface area contributed by atoms with E-state index < -0.39 is 0 Å². The number of fused-ring (bicyclic) bond motifs is 1. The van der Waals surface area contributed by atoms with Crippen LogP contribution in [0.2, 0.25) is 0 Å². The van der Waals surface area contributed by atoms with Crippen molar-refractivity contribution in [1.29, 1.82) is 0 Å². The molecule has 29 heavy (non-hydrogen) atoms. The normalized spacial score (nSPS) is 11.2. The van der Waals surface area contributed by atoms with Gasteiger partial charge in [-0.2, -0.15) is 4.98 Å². The second-order valence-corrected chi connectivity index (χ2v) is 7.42. The Labute approximate surface area is 170 Å². The van der Waals surface area contributed by atoms with Gasteiger partial charge in [0.25, 0.3) is 6.01 Å². The molecular weight excluding hydrogens is 362 g/mol. The number of rotatable bonds is 6. The van der Waals surface area contributed by atoms with Crippen LogP contribution < -0.4 is 10.6 Å². The fourth-order valence-corrected chi connectivity index (χ4v) is 3.22. The predicted octanol–water partition coefficient (Wildman–Crippen LogP) is 6.10. The van der Waals surface area contributed by atoms with Gasteiger partial charge in [-0.3, -0.25) is 0 Å². The van der Waals surface area contributed by atoms with Gasteiger partial charge in [0.15, 0.2) is 5.58 Å². The van der Waals surface area contributed by atoms with Crippen LogP contribution in [0.5, 0.6) is 0 Å². The van der Waals surface area contributed by atoms with Crippen molar-refractivity contribution in [2.75, 3.05) is 10.6 Å². The summed E-state index contributed by atoms with van der Waals surface area (Å²) >= 11 is 0. The number of hydrogen-bond acceptors (Lipinski definition) is 6. The van der Waals surface area contributed by atoms with Crippen molar-refractivity contribution in [3.8, 4) is 0 Å². The maximum atomic E-state index is 5.92. The second-order valence-electron chi connectivity index (χ2n) is 7.42. The van der Waals surface area contributed by atoms with E-state index in [1.807, 2.05) is 31.2 Å². The highest BCUT2D eigenvalue weighted by Gasteiger charge is 2.11. The van der Waals surface area contributed by atoms with Crippen LogP contribution in [0.15, 0.2) is 53.2 Å². The summed E-state index contributed by atoms with van der Waals surface area (Å²) in [5.41, 5.74) is 6.87. The molecule has 0 aliphatic rings. The van der Waals surface area contributed by atoms with E-state index in [4.69, 9.17) is 4.42 Å². The lowest BCUT2D eigenvalue weighted by Crippen LogP contribution is -1.99. The van der Waals surface area contributed by atoms with Crippen molar-refractivity contribution in [2.45, 2.75) is 40.0 Å². The molecule has 0 amide bonds. The minimum atomic E-state index is 0.451. The van der Waals surface area contributed by atoms with Gasteiger partial charge in [0, 0.05) is 23.1 Å². The molecule has 148 valence electrons. The summed E-state index contributed by atoms with van der Waals surface area (Å²) in [5.74, 6) is 1.21. The van der Waals surface area contributed by atoms with E-state index in [2.05, 4.69) is 64.6 Å². The molecule has 0 fully saturated rings. The Morgan fingerprint density at radius 3 is 2.62 bits per heavy atom. The molecule has 2 N–H and O–H groups in total. The largest absolute Gasteiger partial charge is 0.423 e. The number of benzene rings is 2. The van der Waals surface area contributed by atoms with Crippen LogP contribution in [0.4, 0.5) is 23.2 Å². The van der Waals surface area contributed by atoms with Gasteiger partial charge in [-0.15, -0.1) is 0 Å². The van der Waals surface area contributed by atoms with Crippen molar-refractivity contribution in [3.63, 3.8) is 0 Å². The number of anilines is 4. The van der Waals surface area contributed by atoms with E-state index in [0.717, 1.165) is 40.4 Å². The first-order chi connectivity index (χ1) is 14.0. The summed E-state index contributed by atoms with van der Waals surface area (Å²) in [6.07, 6.45) is 2.45. The lowest BCUT2D eigenvalue weighted by Gasteiger charge is -2.12. The molecule has 0 bridgehead atoms. The number of nitrogens with zero attached hydrogens (tertiary/aromatic N) is 3. The molecule has 2 heterocycles. The molecule has 0 spiro atoms. The number of nitrogens with one attached hydrogen (secondary N) is 2. The topological polar surface area (TPSA) is 75.9 Å². The summed E-state index contributed by atoms with van der Waals surface area (Å²) in [5, 5.41) is 6.68. The fourth-order valence-electron chi connectivity index (χ4n) is 3.22. The van der Waals surface area contributed by atoms with Crippen LogP contribution in [-0.2, 0) is 6.42 Å². The smallest absolute Gasteiger partial charge is 0.300 e. The summed E-state index contributed by atoms with van der Waals surface area (Å²) in [6, 6.07) is 14.8. The third-order valence-electron chi connectivity index (χ3n) is 4.89. The third kappa shape index (κ3) is 4.21. The predicted molar refractivity (Wildman–Crippen MR) is 117 cm³/mol. The molecule has 0 unspecified atom stereocenters. The zero-order valence-electron chi connectivity index (χ0n) is 17.2. The zero-order valence-corrected chi connectivity index (χ0v) is 17.2. The first kappa shape index (κ1) is 18.9. The maximum absolute atomic E-state index is 5.92. The molecule has 4 rings (SSSR count). The van der Waals surface area contributed by atoms with Gasteiger partial charge in [0.2, 0.25) is 0 Å². The molecule has 0 atom stereocenters. The van der Waals surface area contributed by atoms with Gasteiger partial charge in [-0.1, -0.05) is 32.9 Å². The quantitative estimate of drug-likeness (QED) is 0.416. The molecule has 0 radical (unpaired) electrons. The Hall–Kier alpha value is -3.41. The highest BCUT2D eigenvalue weighted by atomic mass is 16.4. The average Bonchev–Trinajstić information content (AvgIpc) is 3.09. The van der Waals surface area contributed by atoms with E-state index in [-0.39, 0.29) is 0 Å². The van der Waals surface area contributed by atoms with E-state index in [0.29, 0.717) is 11.9 Å². The second kappa shape index (κ2) is 7.91. The van der Waals surface area contributed by atoms with Gasteiger partial charge in [0.1, 0.15) is 17.7 Å². The van der Waals surface area contributed by atoms with E-state index >= 15 is 0 Å². The molecule has 0 saturated heterocycles. The van der Waals surface area contributed by atoms with Crippen LogP contribution in [0.3, 0.4) is 0 Å². The SMILES string of the molecule is CCc1ccc(Nc2cc(C)ncn2)cc1Nc1nc2cc(C(C)C)ccc2o1. The molecule has 2 aromatic heterocycles. The van der Waals surface area contributed by atoms with Gasteiger partial charge in [0.05, 0.1) is 0 Å². The van der Waals surface area contributed by atoms with Crippen LogP contribution in [-0.4, -0.2) is 15.0 Å². The zero-order chi connectivity index (χ0) is 20.4. The first-order valence-corrected chi connectivity index (χ1v) is 9.88. The van der Waals surface area contributed by atoms with Crippen molar-refractivity contribution < 1.29 is 4.42 Å². The first-order valence-electron chi connectivity index (χ1n) is 9.88. The average molecular weight is 387 g/mol. The number of oxazole rings is 1. The summed E-state index contributed by atoms with van der Waals surface area (Å²) in [4.78, 5) is 13.0. The van der Waals surface area contributed by atoms with Crippen molar-refractivity contribution >= 4 is 34.3 Å². The molecule has 6 heteroatoms. The standard InChI is InChI=1S/C23H25N5O/c1-5-16-6-8-18(26-22-10-15(4)24-13-25-22)12-19(16)27-23-28-20-11-17(14(2)3)7-9-21(20)29-23/h6-14H,5H2,1-4H3,(H,27,28)(H,24,25,26). The highest BCUT2D eigenvalue weighted by Crippen LogP contribution is 2.29. The lowest BCUT2D eigenvalue weighted by atomic mass is 10.0. The summed E-state index contributed by atoms with van der Waals surface area (Å²) in [7, 11) is 0. The Morgan fingerprint density at radius 1 is 1.00 bits per heavy atom. The van der Waals surface area contributed by atoms with Gasteiger partial charge in [-0.05, 0) is 54.7 Å². The Bertz CT molecular complexity index is 1150. The van der Waals surface area contributed by atoms with Gasteiger partial charge >= 0.3 is 0 Å². The Morgan fingerprint density at radius 2 is 1.86 bits per heavy atom. The highest BCUT2D eigenvalue weighted by molar-refractivity contribution is 5.77. The molecule has 4 aromatic rings. The van der Waals surface area contributed by atoms with Crippen LogP contribution in [0.25, 0.3) is 11.1 Å². The van der Waals surface area contributed by atoms with Crippen molar-refractivity contribution in [2.24, 2.45) is 0 Å². The number of aromatic nitrogens is 3. The minimum absolute atomic E-state index is 0.451. The molecule has 0 aliphatic carbocycles. The lowest BCUT2D eigenvalue weighted by molar-refractivity contribution is 0.622.